The van der Waals surface area contributed by atoms with Gasteiger partial charge in [0.1, 0.15) is 5.82 Å². The van der Waals surface area contributed by atoms with E-state index in [0.29, 0.717) is 12.0 Å². The van der Waals surface area contributed by atoms with Crippen molar-refractivity contribution in [1.82, 2.24) is 9.97 Å². The summed E-state index contributed by atoms with van der Waals surface area (Å²) in [5.74, 6) is 1.66. The molecule has 1 aromatic heterocycles. The highest BCUT2D eigenvalue weighted by Gasteiger charge is 2.27. The highest BCUT2D eigenvalue weighted by atomic mass is 79.9. The van der Waals surface area contributed by atoms with E-state index < -0.39 is 0 Å². The smallest absolute Gasteiger partial charge is 0.224 e. The van der Waals surface area contributed by atoms with Crippen molar-refractivity contribution in [2.45, 2.75) is 45.1 Å². The second kappa shape index (κ2) is 7.78. The van der Waals surface area contributed by atoms with Crippen molar-refractivity contribution in [3.8, 4) is 0 Å². The molecule has 5 nitrogen and oxygen atoms in total. The lowest BCUT2D eigenvalue weighted by Gasteiger charge is -2.26. The van der Waals surface area contributed by atoms with Crippen molar-refractivity contribution in [3.63, 3.8) is 0 Å². The van der Waals surface area contributed by atoms with E-state index >= 15 is 0 Å². The molecule has 1 aliphatic heterocycles. The lowest BCUT2D eigenvalue weighted by Crippen LogP contribution is -2.30. The number of anilines is 2. The van der Waals surface area contributed by atoms with Crippen LogP contribution in [0.2, 0.25) is 0 Å². The number of nitrogens with zero attached hydrogens (tertiary/aromatic N) is 3. The SMILES string of the molecule is CCCNc1ncc(Br)c(N2CCCC2CCCO)n1. The number of aliphatic hydroxyl groups excluding tert-OH is 1. The Bertz CT molecular complexity index is 430. The molecular formula is C14H23BrN4O. The lowest BCUT2D eigenvalue weighted by atomic mass is 10.1. The van der Waals surface area contributed by atoms with Crippen molar-refractivity contribution in [1.29, 1.82) is 0 Å². The van der Waals surface area contributed by atoms with Crippen LogP contribution < -0.4 is 10.2 Å². The molecule has 1 fully saturated rings. The third-order valence-corrected chi connectivity index (χ3v) is 4.16. The Balaban J connectivity index is 2.13. The maximum absolute atomic E-state index is 9.02. The van der Waals surface area contributed by atoms with Gasteiger partial charge in [-0.1, -0.05) is 6.92 Å². The van der Waals surface area contributed by atoms with Gasteiger partial charge in [0.2, 0.25) is 5.95 Å². The van der Waals surface area contributed by atoms with E-state index in [2.05, 4.69) is 43.0 Å². The van der Waals surface area contributed by atoms with Crippen molar-refractivity contribution in [2.24, 2.45) is 0 Å². The highest BCUT2D eigenvalue weighted by molar-refractivity contribution is 9.10. The van der Waals surface area contributed by atoms with Crippen LogP contribution in [0.4, 0.5) is 11.8 Å². The summed E-state index contributed by atoms with van der Waals surface area (Å²) in [7, 11) is 0. The minimum atomic E-state index is 0.262. The summed E-state index contributed by atoms with van der Waals surface area (Å²) in [5.41, 5.74) is 0. The Morgan fingerprint density at radius 2 is 2.40 bits per heavy atom. The van der Waals surface area contributed by atoms with Gasteiger partial charge in [-0.3, -0.25) is 0 Å². The van der Waals surface area contributed by atoms with Crippen LogP contribution in [0.5, 0.6) is 0 Å². The molecule has 0 saturated carbocycles. The summed E-state index contributed by atoms with van der Waals surface area (Å²) in [4.78, 5) is 11.3. The number of rotatable bonds is 7. The van der Waals surface area contributed by atoms with Gasteiger partial charge in [0.25, 0.3) is 0 Å². The van der Waals surface area contributed by atoms with Crippen molar-refractivity contribution < 1.29 is 5.11 Å². The maximum atomic E-state index is 9.02. The summed E-state index contributed by atoms with van der Waals surface area (Å²) in [6.45, 7) is 4.30. The fourth-order valence-electron chi connectivity index (χ4n) is 2.62. The largest absolute Gasteiger partial charge is 0.396 e. The molecule has 6 heteroatoms. The first-order valence-corrected chi connectivity index (χ1v) is 8.19. The van der Waals surface area contributed by atoms with Gasteiger partial charge in [0.05, 0.1) is 4.47 Å². The zero-order valence-electron chi connectivity index (χ0n) is 12.0. The summed E-state index contributed by atoms with van der Waals surface area (Å²) in [6, 6.07) is 0.479. The zero-order chi connectivity index (χ0) is 14.4. The van der Waals surface area contributed by atoms with Crippen LogP contribution in [-0.2, 0) is 0 Å². The van der Waals surface area contributed by atoms with E-state index in [-0.39, 0.29) is 6.61 Å². The van der Waals surface area contributed by atoms with Gasteiger partial charge in [0, 0.05) is 31.9 Å². The van der Waals surface area contributed by atoms with Gasteiger partial charge < -0.3 is 15.3 Å². The number of halogens is 1. The van der Waals surface area contributed by atoms with E-state index in [9.17, 15) is 0 Å². The lowest BCUT2D eigenvalue weighted by molar-refractivity contribution is 0.279. The van der Waals surface area contributed by atoms with Crippen molar-refractivity contribution in [3.05, 3.63) is 10.7 Å². The molecule has 0 aliphatic carbocycles. The quantitative estimate of drug-likeness (QED) is 0.797. The third-order valence-electron chi connectivity index (χ3n) is 3.60. The molecule has 0 bridgehead atoms. The van der Waals surface area contributed by atoms with Crippen LogP contribution in [0.1, 0.15) is 39.0 Å². The summed E-state index contributed by atoms with van der Waals surface area (Å²) < 4.78 is 0.940. The molecular weight excluding hydrogens is 320 g/mol. The molecule has 2 heterocycles. The van der Waals surface area contributed by atoms with Crippen LogP contribution in [-0.4, -0.2) is 40.8 Å². The minimum absolute atomic E-state index is 0.262. The van der Waals surface area contributed by atoms with Crippen LogP contribution in [0.25, 0.3) is 0 Å². The Labute approximate surface area is 128 Å². The number of hydrogen-bond donors (Lipinski definition) is 2. The van der Waals surface area contributed by atoms with Gasteiger partial charge in [-0.15, -0.1) is 0 Å². The Morgan fingerprint density at radius 1 is 1.55 bits per heavy atom. The minimum Gasteiger partial charge on any atom is -0.396 e. The monoisotopic (exact) mass is 342 g/mol. The second-order valence-corrected chi connectivity index (χ2v) is 6.00. The molecule has 1 aromatic rings. The molecule has 1 atom stereocenters. The Hall–Kier alpha value is -0.880. The number of nitrogens with one attached hydrogen (secondary N) is 1. The zero-order valence-corrected chi connectivity index (χ0v) is 13.6. The molecule has 0 spiro atoms. The Kier molecular flexibility index (Phi) is 6.04. The van der Waals surface area contributed by atoms with Gasteiger partial charge in [-0.2, -0.15) is 4.98 Å². The first-order valence-electron chi connectivity index (χ1n) is 7.40. The fraction of sp³-hybridized carbons (Fsp3) is 0.714. The van der Waals surface area contributed by atoms with Crippen LogP contribution in [0.15, 0.2) is 10.7 Å². The first kappa shape index (κ1) is 15.5. The van der Waals surface area contributed by atoms with Gasteiger partial charge in [0.15, 0.2) is 0 Å². The van der Waals surface area contributed by atoms with E-state index in [1.54, 1.807) is 0 Å². The van der Waals surface area contributed by atoms with E-state index in [4.69, 9.17) is 5.11 Å². The maximum Gasteiger partial charge on any atom is 0.224 e. The standard InChI is InChI=1S/C14H23BrN4O/c1-2-7-16-14-17-10-12(15)13(18-14)19-8-3-5-11(19)6-4-9-20/h10-11,20H,2-9H2,1H3,(H,16,17,18). The molecule has 2 N–H and O–H groups in total. The van der Waals surface area contributed by atoms with Crippen LogP contribution in [0, 0.1) is 0 Å². The average Bonchev–Trinajstić information content (AvgIpc) is 2.92. The molecule has 20 heavy (non-hydrogen) atoms. The molecule has 112 valence electrons. The average molecular weight is 343 g/mol. The van der Waals surface area contributed by atoms with Gasteiger partial charge in [-0.05, 0) is 48.0 Å². The first-order chi connectivity index (χ1) is 9.76. The second-order valence-electron chi connectivity index (χ2n) is 5.15. The summed E-state index contributed by atoms with van der Waals surface area (Å²) in [6.07, 6.45) is 7.10. The van der Waals surface area contributed by atoms with E-state index in [0.717, 1.165) is 42.6 Å². The topological polar surface area (TPSA) is 61.3 Å². The van der Waals surface area contributed by atoms with Crippen LogP contribution in [0.3, 0.4) is 0 Å². The van der Waals surface area contributed by atoms with Crippen molar-refractivity contribution >= 4 is 27.7 Å². The molecule has 1 saturated heterocycles. The van der Waals surface area contributed by atoms with E-state index in [1.165, 1.54) is 12.8 Å². The molecule has 1 aliphatic rings. The highest BCUT2D eigenvalue weighted by Crippen LogP contribution is 2.32. The normalized spacial score (nSPS) is 18.6. The predicted octanol–water partition coefficient (Wildman–Crippen LogP) is 2.80. The van der Waals surface area contributed by atoms with Gasteiger partial charge in [-0.25, -0.2) is 4.98 Å². The number of hydrogen-bond acceptors (Lipinski definition) is 5. The van der Waals surface area contributed by atoms with Gasteiger partial charge >= 0.3 is 0 Å². The molecule has 0 aromatic carbocycles. The van der Waals surface area contributed by atoms with E-state index in [1.807, 2.05) is 6.20 Å². The van der Waals surface area contributed by atoms with Crippen LogP contribution >= 0.6 is 15.9 Å². The molecule has 2 rings (SSSR count). The summed E-state index contributed by atoms with van der Waals surface area (Å²) in [5, 5.41) is 12.2. The van der Waals surface area contributed by atoms with Crippen molar-refractivity contribution in [2.75, 3.05) is 29.9 Å². The summed E-state index contributed by atoms with van der Waals surface area (Å²) >= 11 is 3.56. The molecule has 0 radical (unpaired) electrons. The molecule has 1 unspecified atom stereocenters. The third kappa shape index (κ3) is 3.82. The fourth-order valence-corrected chi connectivity index (χ4v) is 3.04. The Morgan fingerprint density at radius 3 is 3.15 bits per heavy atom. The predicted molar refractivity (Wildman–Crippen MR) is 85.2 cm³/mol. The molecule has 0 amide bonds. The number of aliphatic hydroxyl groups is 1. The number of aromatic nitrogens is 2.